The Balaban J connectivity index is 1.74. The summed E-state index contributed by atoms with van der Waals surface area (Å²) in [5, 5.41) is 8.94. The lowest BCUT2D eigenvalue weighted by Crippen LogP contribution is -2.61. The molecule has 6 nitrogen and oxygen atoms in total. The van der Waals surface area contributed by atoms with E-state index in [1.165, 1.54) is 0 Å². The van der Waals surface area contributed by atoms with Crippen molar-refractivity contribution in [3.8, 4) is 0 Å². The molecule has 0 aromatic heterocycles. The molecule has 2 bridgehead atoms. The molecule has 3 aliphatic carbocycles. The summed E-state index contributed by atoms with van der Waals surface area (Å²) in [4.78, 5) is 25.9. The quantitative estimate of drug-likeness (QED) is 0.459. The molecule has 2 aromatic carbocycles. The molecule has 4 aliphatic rings. The van der Waals surface area contributed by atoms with Gasteiger partial charge < -0.3 is 19.3 Å². The fraction of sp³-hybridized carbons (Fsp3) is 0.391. The van der Waals surface area contributed by atoms with Crippen LogP contribution in [0.2, 0.25) is 0 Å². The van der Waals surface area contributed by atoms with Crippen molar-refractivity contribution in [1.82, 2.24) is 0 Å². The van der Waals surface area contributed by atoms with Crippen LogP contribution >= 0.6 is 0 Å². The van der Waals surface area contributed by atoms with Crippen molar-refractivity contribution in [2.45, 2.75) is 18.4 Å². The standard InChI is InChI=1S/C23H22O6/c1-22-19(20(25)29-21(22)26)18-14-6-2-4-8-16(14)23(22,28-13-12-27-11-10-24)17-9-5-3-7-15(17)18/h2-9,18-19,24H,10-13H2,1H3. The normalized spacial score (nSPS) is 31.2. The van der Waals surface area contributed by atoms with Crippen molar-refractivity contribution >= 4 is 11.9 Å². The summed E-state index contributed by atoms with van der Waals surface area (Å²) in [6.07, 6.45) is 0. The second kappa shape index (κ2) is 6.49. The van der Waals surface area contributed by atoms with Gasteiger partial charge in [-0.3, -0.25) is 9.59 Å². The number of benzene rings is 2. The van der Waals surface area contributed by atoms with Gasteiger partial charge in [-0.05, 0) is 29.2 Å². The maximum Gasteiger partial charge on any atom is 0.324 e. The number of aliphatic hydroxyl groups is 1. The van der Waals surface area contributed by atoms with Crippen molar-refractivity contribution < 1.29 is 28.9 Å². The minimum atomic E-state index is -1.17. The van der Waals surface area contributed by atoms with Gasteiger partial charge in [-0.25, -0.2) is 0 Å². The van der Waals surface area contributed by atoms with Crippen LogP contribution in [-0.2, 0) is 29.4 Å². The predicted octanol–water partition coefficient (Wildman–Crippen LogP) is 2.12. The molecule has 0 amide bonds. The second-order valence-electron chi connectivity index (χ2n) is 7.91. The third kappa shape index (κ3) is 2.16. The molecular weight excluding hydrogens is 372 g/mol. The van der Waals surface area contributed by atoms with E-state index in [2.05, 4.69) is 0 Å². The van der Waals surface area contributed by atoms with Crippen molar-refractivity contribution in [1.29, 1.82) is 0 Å². The van der Waals surface area contributed by atoms with E-state index in [0.717, 1.165) is 22.3 Å². The van der Waals surface area contributed by atoms with Crippen LogP contribution in [0.1, 0.15) is 35.1 Å². The summed E-state index contributed by atoms with van der Waals surface area (Å²) in [7, 11) is 0. The van der Waals surface area contributed by atoms with E-state index in [9.17, 15) is 9.59 Å². The van der Waals surface area contributed by atoms with Crippen LogP contribution in [0.5, 0.6) is 0 Å². The molecule has 150 valence electrons. The molecule has 2 atom stereocenters. The molecule has 2 unspecified atom stereocenters. The van der Waals surface area contributed by atoms with Crippen LogP contribution in [0.15, 0.2) is 48.5 Å². The molecule has 29 heavy (non-hydrogen) atoms. The van der Waals surface area contributed by atoms with Gasteiger partial charge in [0.15, 0.2) is 0 Å². The zero-order valence-electron chi connectivity index (χ0n) is 16.1. The SMILES string of the molecule is CC12C(=O)OC(=O)C1C1c3ccccc3C2(OCCOCCO)c2ccccc21. The summed E-state index contributed by atoms with van der Waals surface area (Å²) >= 11 is 0. The third-order valence-electron chi connectivity index (χ3n) is 6.69. The van der Waals surface area contributed by atoms with Gasteiger partial charge in [0.1, 0.15) is 11.0 Å². The molecule has 1 N–H and O–H groups in total. The Bertz CT molecular complexity index is 951. The first-order valence-electron chi connectivity index (χ1n) is 9.85. The van der Waals surface area contributed by atoms with Crippen LogP contribution in [0, 0.1) is 11.3 Å². The molecule has 1 fully saturated rings. The largest absolute Gasteiger partial charge is 0.394 e. The van der Waals surface area contributed by atoms with Gasteiger partial charge in [-0.1, -0.05) is 48.5 Å². The summed E-state index contributed by atoms with van der Waals surface area (Å²) in [5.41, 5.74) is 1.47. The van der Waals surface area contributed by atoms with Gasteiger partial charge >= 0.3 is 11.9 Å². The highest BCUT2D eigenvalue weighted by Gasteiger charge is 2.75. The number of aliphatic hydroxyl groups excluding tert-OH is 1. The molecule has 0 saturated carbocycles. The fourth-order valence-electron chi connectivity index (χ4n) is 5.59. The van der Waals surface area contributed by atoms with E-state index < -0.39 is 28.9 Å². The lowest BCUT2D eigenvalue weighted by atomic mass is 9.46. The van der Waals surface area contributed by atoms with Crippen LogP contribution in [0.4, 0.5) is 0 Å². The van der Waals surface area contributed by atoms with Gasteiger partial charge in [0, 0.05) is 5.92 Å². The predicted molar refractivity (Wildman–Crippen MR) is 102 cm³/mol. The highest BCUT2D eigenvalue weighted by atomic mass is 16.6. The van der Waals surface area contributed by atoms with E-state index in [4.69, 9.17) is 19.3 Å². The van der Waals surface area contributed by atoms with Crippen molar-refractivity contribution in [2.24, 2.45) is 11.3 Å². The number of esters is 2. The molecule has 2 aromatic rings. The smallest absolute Gasteiger partial charge is 0.324 e. The van der Waals surface area contributed by atoms with Crippen LogP contribution in [0.3, 0.4) is 0 Å². The van der Waals surface area contributed by atoms with Gasteiger partial charge in [-0.15, -0.1) is 0 Å². The van der Waals surface area contributed by atoms with Gasteiger partial charge in [0.25, 0.3) is 0 Å². The van der Waals surface area contributed by atoms with E-state index >= 15 is 0 Å². The zero-order chi connectivity index (χ0) is 20.2. The summed E-state index contributed by atoms with van der Waals surface area (Å²) in [6, 6.07) is 15.7. The minimum absolute atomic E-state index is 0.0703. The maximum absolute atomic E-state index is 13.1. The first-order chi connectivity index (χ1) is 14.1. The minimum Gasteiger partial charge on any atom is -0.394 e. The number of ether oxygens (including phenoxy) is 3. The number of carbonyl (C=O) groups excluding carboxylic acids is 2. The Kier molecular flexibility index (Phi) is 4.13. The number of hydrogen-bond acceptors (Lipinski definition) is 6. The molecule has 0 spiro atoms. The first-order valence-corrected chi connectivity index (χ1v) is 9.85. The Morgan fingerprint density at radius 3 is 2.21 bits per heavy atom. The maximum atomic E-state index is 13.1. The summed E-state index contributed by atoms with van der Waals surface area (Å²) in [5.74, 6) is -1.92. The Hall–Kier alpha value is -2.54. The van der Waals surface area contributed by atoms with Crippen LogP contribution < -0.4 is 0 Å². The average molecular weight is 394 g/mol. The number of hydrogen-bond donors (Lipinski definition) is 1. The fourth-order valence-corrected chi connectivity index (χ4v) is 5.59. The van der Waals surface area contributed by atoms with Gasteiger partial charge in [0.2, 0.25) is 0 Å². The second-order valence-corrected chi connectivity index (χ2v) is 7.91. The Morgan fingerprint density at radius 2 is 1.59 bits per heavy atom. The Labute approximate surface area is 168 Å². The van der Waals surface area contributed by atoms with E-state index in [-0.39, 0.29) is 32.3 Å². The van der Waals surface area contributed by atoms with Crippen molar-refractivity contribution in [2.75, 3.05) is 26.4 Å². The number of cyclic esters (lactones) is 2. The lowest BCUT2D eigenvalue weighted by molar-refractivity contribution is -0.176. The lowest BCUT2D eigenvalue weighted by Gasteiger charge is -2.57. The molecule has 6 rings (SSSR count). The average Bonchev–Trinajstić information content (AvgIpc) is 2.98. The topological polar surface area (TPSA) is 82.1 Å². The van der Waals surface area contributed by atoms with E-state index in [0.29, 0.717) is 0 Å². The molecule has 1 aliphatic heterocycles. The van der Waals surface area contributed by atoms with Crippen LogP contribution in [0.25, 0.3) is 0 Å². The van der Waals surface area contributed by atoms with E-state index in [1.54, 1.807) is 6.92 Å². The summed E-state index contributed by atoms with van der Waals surface area (Å²) < 4.78 is 17.1. The zero-order valence-corrected chi connectivity index (χ0v) is 16.1. The van der Waals surface area contributed by atoms with Gasteiger partial charge in [-0.2, -0.15) is 0 Å². The van der Waals surface area contributed by atoms with Gasteiger partial charge in [0.05, 0.1) is 32.3 Å². The first kappa shape index (κ1) is 18.5. The van der Waals surface area contributed by atoms with Crippen molar-refractivity contribution in [3.05, 3.63) is 70.8 Å². The monoisotopic (exact) mass is 394 g/mol. The van der Waals surface area contributed by atoms with Crippen molar-refractivity contribution in [3.63, 3.8) is 0 Å². The molecule has 1 heterocycles. The van der Waals surface area contributed by atoms with E-state index in [1.807, 2.05) is 48.5 Å². The summed E-state index contributed by atoms with van der Waals surface area (Å²) in [6.45, 7) is 2.40. The molecule has 0 radical (unpaired) electrons. The molecular formula is C23H22O6. The number of carbonyl (C=O) groups is 2. The van der Waals surface area contributed by atoms with Crippen LogP contribution in [-0.4, -0.2) is 43.5 Å². The Morgan fingerprint density at radius 1 is 0.966 bits per heavy atom. The third-order valence-corrected chi connectivity index (χ3v) is 6.69. The highest BCUT2D eigenvalue weighted by Crippen LogP contribution is 2.69. The highest BCUT2D eigenvalue weighted by molar-refractivity contribution is 6.03. The molecule has 1 saturated heterocycles. The molecule has 6 heteroatoms. The number of rotatable bonds is 6.